The van der Waals surface area contributed by atoms with Gasteiger partial charge in [-0.25, -0.2) is 0 Å². The molecule has 2 aliphatic carbocycles. The van der Waals surface area contributed by atoms with E-state index in [0.29, 0.717) is 0 Å². The van der Waals surface area contributed by atoms with Gasteiger partial charge in [0.2, 0.25) is 0 Å². The topological polar surface area (TPSA) is 0 Å². The molecule has 0 nitrogen and oxygen atoms in total. The Hall–Kier alpha value is -6.08. The molecule has 6 aromatic rings. The molecule has 0 N–H and O–H groups in total. The zero-order valence-electron chi connectivity index (χ0n) is 37.7. The first-order valence-electron chi connectivity index (χ1n) is 21.5. The van der Waals surface area contributed by atoms with E-state index in [1.54, 1.807) is 0 Å². The van der Waals surface area contributed by atoms with E-state index < -0.39 is 0 Å². The summed E-state index contributed by atoms with van der Waals surface area (Å²) >= 11 is 0. The lowest BCUT2D eigenvalue weighted by atomic mass is 9.77. The lowest BCUT2D eigenvalue weighted by molar-refractivity contribution is 0.567. The highest BCUT2D eigenvalue weighted by Gasteiger charge is 2.38. The predicted molar refractivity (Wildman–Crippen MR) is 258 cm³/mol. The molecule has 2 aliphatic rings. The van der Waals surface area contributed by atoms with Crippen molar-refractivity contribution in [3.05, 3.63) is 200 Å². The molecule has 60 heavy (non-hydrogen) atoms. The van der Waals surface area contributed by atoms with E-state index >= 15 is 0 Å². The third-order valence-corrected chi connectivity index (χ3v) is 12.1. The average molecular weight is 779 g/mol. The fourth-order valence-electron chi connectivity index (χ4n) is 8.43. The normalized spacial score (nSPS) is 14.2. The van der Waals surface area contributed by atoms with Crippen LogP contribution in [0.25, 0.3) is 33.1 Å². The van der Waals surface area contributed by atoms with Gasteiger partial charge in [-0.2, -0.15) is 0 Å². The van der Waals surface area contributed by atoms with E-state index in [0.717, 1.165) is 27.8 Å². The van der Waals surface area contributed by atoms with Crippen molar-refractivity contribution < 1.29 is 0 Å². The van der Waals surface area contributed by atoms with Crippen LogP contribution in [0.15, 0.2) is 145 Å². The van der Waals surface area contributed by atoms with Crippen LogP contribution in [-0.2, 0) is 21.7 Å². The van der Waals surface area contributed by atoms with Crippen molar-refractivity contribution in [2.75, 3.05) is 0 Å². The van der Waals surface area contributed by atoms with Gasteiger partial charge in [0.15, 0.2) is 0 Å². The Morgan fingerprint density at radius 1 is 0.333 bits per heavy atom. The maximum Gasteiger partial charge on any atom is 0.0419 e. The van der Waals surface area contributed by atoms with E-state index in [2.05, 4.69) is 240 Å². The molecule has 6 aromatic carbocycles. The molecular formula is C60H58. The van der Waals surface area contributed by atoms with Crippen LogP contribution < -0.4 is 10.4 Å². The first-order valence-corrected chi connectivity index (χ1v) is 21.5. The van der Waals surface area contributed by atoms with Gasteiger partial charge in [-0.15, -0.1) is 0 Å². The molecular weight excluding hydrogens is 721 g/mol. The summed E-state index contributed by atoms with van der Waals surface area (Å²) in [5.41, 5.74) is 16.2. The van der Waals surface area contributed by atoms with E-state index in [1.807, 2.05) is 0 Å². The number of rotatable bonds is 2. The number of hydrogen-bond donors (Lipinski definition) is 0. The van der Waals surface area contributed by atoms with E-state index in [9.17, 15) is 0 Å². The summed E-state index contributed by atoms with van der Waals surface area (Å²) in [5.74, 6) is 15.1. The van der Waals surface area contributed by atoms with Crippen molar-refractivity contribution >= 4 is 33.1 Å². The quantitative estimate of drug-likeness (QED) is 0.154. The number of fused-ring (bicyclic) bond motifs is 4. The molecule has 0 saturated heterocycles. The SMILES string of the molecule is CC(C)(C)c1cc(C2=C(C#Cc3ccccc3)C(c3cc(C(C)(C)C)cc(C(C)(C)C)c3)=C3C2=c2ccc4ccccc4c2=C3C#Cc2ccccc2)cc(C(C)(C)C)c1. The number of benzene rings is 6. The highest BCUT2D eigenvalue weighted by molar-refractivity contribution is 6.29. The largest absolute Gasteiger partial charge is 0.0622 e. The van der Waals surface area contributed by atoms with E-state index in [1.165, 1.54) is 71.3 Å². The third-order valence-electron chi connectivity index (χ3n) is 12.1. The Morgan fingerprint density at radius 2 is 0.750 bits per heavy atom. The second kappa shape index (κ2) is 14.9. The van der Waals surface area contributed by atoms with E-state index in [-0.39, 0.29) is 21.7 Å². The lowest BCUT2D eigenvalue weighted by Crippen LogP contribution is -2.25. The smallest absolute Gasteiger partial charge is 0.0419 e. The van der Waals surface area contributed by atoms with Crippen LogP contribution in [0.3, 0.4) is 0 Å². The highest BCUT2D eigenvalue weighted by Crippen LogP contribution is 2.53. The second-order valence-corrected chi connectivity index (χ2v) is 20.8. The molecule has 0 atom stereocenters. The molecule has 0 saturated carbocycles. The van der Waals surface area contributed by atoms with Crippen LogP contribution in [-0.4, -0.2) is 0 Å². The monoisotopic (exact) mass is 778 g/mol. The second-order valence-electron chi connectivity index (χ2n) is 20.8. The fourth-order valence-corrected chi connectivity index (χ4v) is 8.43. The van der Waals surface area contributed by atoms with Gasteiger partial charge in [-0.1, -0.05) is 216 Å². The molecule has 0 aliphatic heterocycles. The zero-order chi connectivity index (χ0) is 42.8. The van der Waals surface area contributed by atoms with Crippen LogP contribution in [0.4, 0.5) is 0 Å². The first-order chi connectivity index (χ1) is 28.3. The van der Waals surface area contributed by atoms with Crippen LogP contribution in [0, 0.1) is 23.7 Å². The molecule has 0 spiro atoms. The van der Waals surface area contributed by atoms with Crippen LogP contribution in [0.5, 0.6) is 0 Å². The number of allylic oxidation sites excluding steroid dienone is 4. The molecule has 0 amide bonds. The standard InChI is InChI=1S/C60H58/c1-57(2,3)44-33-42(34-45(37-44)58(4,5)6)52-49(30-27-39-21-15-13-16-22-39)53(43-35-46(59(7,8)9)38-47(36-43)60(10,11)12)56-51-32-29-41-25-19-20-26-48(41)54(51)50(55(52)56)31-28-40-23-17-14-18-24-40/h13-26,29,32-38H,1-12H3. The Bertz CT molecular complexity index is 2950. The fraction of sp³-hybridized carbons (Fsp3) is 0.267. The van der Waals surface area contributed by atoms with Crippen molar-refractivity contribution in [2.45, 2.75) is 105 Å². The maximum atomic E-state index is 3.91. The zero-order valence-corrected chi connectivity index (χ0v) is 37.7. The minimum Gasteiger partial charge on any atom is -0.0622 e. The van der Waals surface area contributed by atoms with Gasteiger partial charge in [0, 0.05) is 49.8 Å². The van der Waals surface area contributed by atoms with Gasteiger partial charge in [0.05, 0.1) is 0 Å². The Balaban J connectivity index is 1.63. The Kier molecular flexibility index (Phi) is 10.1. The molecule has 0 unspecified atom stereocenters. The molecule has 0 aromatic heterocycles. The summed E-state index contributed by atoms with van der Waals surface area (Å²) in [6, 6.07) is 48.9. The Labute approximate surface area is 359 Å². The Morgan fingerprint density at radius 3 is 1.22 bits per heavy atom. The van der Waals surface area contributed by atoms with Gasteiger partial charge < -0.3 is 0 Å². The van der Waals surface area contributed by atoms with Crippen molar-refractivity contribution in [1.82, 2.24) is 0 Å². The van der Waals surface area contributed by atoms with Crippen LogP contribution in [0.2, 0.25) is 0 Å². The average Bonchev–Trinajstić information content (AvgIpc) is 3.70. The van der Waals surface area contributed by atoms with Crippen molar-refractivity contribution in [3.63, 3.8) is 0 Å². The lowest BCUT2D eigenvalue weighted by Gasteiger charge is -2.27. The van der Waals surface area contributed by atoms with Crippen molar-refractivity contribution in [1.29, 1.82) is 0 Å². The summed E-state index contributed by atoms with van der Waals surface area (Å²) in [4.78, 5) is 0. The molecule has 0 fully saturated rings. The summed E-state index contributed by atoms with van der Waals surface area (Å²) in [6.45, 7) is 27.9. The minimum atomic E-state index is -0.0774. The van der Waals surface area contributed by atoms with Gasteiger partial charge in [0.1, 0.15) is 0 Å². The van der Waals surface area contributed by atoms with Gasteiger partial charge in [-0.05, 0) is 95.3 Å². The molecule has 298 valence electrons. The summed E-state index contributed by atoms with van der Waals surface area (Å²) in [6.07, 6.45) is 0. The highest BCUT2D eigenvalue weighted by atomic mass is 14.4. The number of hydrogen-bond acceptors (Lipinski definition) is 0. The molecule has 0 radical (unpaired) electrons. The molecule has 0 bridgehead atoms. The third kappa shape index (κ3) is 7.74. The minimum absolute atomic E-state index is 0.0698. The summed E-state index contributed by atoms with van der Waals surface area (Å²) in [7, 11) is 0. The predicted octanol–water partition coefficient (Wildman–Crippen LogP) is 13.4. The maximum absolute atomic E-state index is 3.91. The molecule has 8 rings (SSSR count). The van der Waals surface area contributed by atoms with Crippen molar-refractivity contribution in [2.24, 2.45) is 0 Å². The van der Waals surface area contributed by atoms with E-state index in [4.69, 9.17) is 0 Å². The van der Waals surface area contributed by atoms with Gasteiger partial charge in [0.25, 0.3) is 0 Å². The van der Waals surface area contributed by atoms with Crippen LogP contribution in [0.1, 0.15) is 128 Å². The molecule has 0 heterocycles. The first kappa shape index (κ1) is 40.7. The van der Waals surface area contributed by atoms with Gasteiger partial charge >= 0.3 is 0 Å². The van der Waals surface area contributed by atoms with Crippen LogP contribution >= 0.6 is 0 Å². The summed E-state index contributed by atoms with van der Waals surface area (Å²) in [5, 5.41) is 4.85. The summed E-state index contributed by atoms with van der Waals surface area (Å²) < 4.78 is 0. The van der Waals surface area contributed by atoms with Crippen molar-refractivity contribution in [3.8, 4) is 23.7 Å². The molecule has 0 heteroatoms. The van der Waals surface area contributed by atoms with Gasteiger partial charge in [-0.3, -0.25) is 0 Å².